The van der Waals surface area contributed by atoms with Crippen LogP contribution in [0.2, 0.25) is 5.02 Å². The smallest absolute Gasteiger partial charge is 0.253 e. The van der Waals surface area contributed by atoms with Gasteiger partial charge in [0.2, 0.25) is 10.0 Å². The Morgan fingerprint density at radius 1 is 0.962 bits per heavy atom. The van der Waals surface area contributed by atoms with E-state index in [4.69, 9.17) is 16.3 Å². The van der Waals surface area contributed by atoms with Gasteiger partial charge in [-0.2, -0.15) is 4.31 Å². The van der Waals surface area contributed by atoms with Gasteiger partial charge in [0, 0.05) is 36.8 Å². The van der Waals surface area contributed by atoms with Crippen molar-refractivity contribution in [2.24, 2.45) is 0 Å². The van der Waals surface area contributed by atoms with Crippen LogP contribution in [0.5, 0.6) is 5.75 Å². The SMILES string of the molecule is COc1ccc(S(=O)(=O)N2CCN(C(=O)c3ccc(Cl)cc3)CC2)cc1. The number of piperazine rings is 1. The topological polar surface area (TPSA) is 66.9 Å². The molecular weight excluding hydrogens is 376 g/mol. The molecule has 1 fully saturated rings. The Labute approximate surface area is 158 Å². The van der Waals surface area contributed by atoms with Crippen molar-refractivity contribution in [2.75, 3.05) is 33.3 Å². The van der Waals surface area contributed by atoms with E-state index in [1.807, 2.05) is 0 Å². The quantitative estimate of drug-likeness (QED) is 0.799. The highest BCUT2D eigenvalue weighted by molar-refractivity contribution is 7.89. The van der Waals surface area contributed by atoms with E-state index in [1.54, 1.807) is 41.3 Å². The molecule has 3 rings (SSSR count). The van der Waals surface area contributed by atoms with E-state index in [-0.39, 0.29) is 23.9 Å². The number of nitrogens with zero attached hydrogens (tertiary/aromatic N) is 2. The van der Waals surface area contributed by atoms with Gasteiger partial charge in [0.05, 0.1) is 12.0 Å². The Morgan fingerprint density at radius 3 is 2.08 bits per heavy atom. The summed E-state index contributed by atoms with van der Waals surface area (Å²) in [5.74, 6) is 0.477. The van der Waals surface area contributed by atoms with Gasteiger partial charge in [-0.3, -0.25) is 4.79 Å². The average Bonchev–Trinajstić information content (AvgIpc) is 2.68. The van der Waals surface area contributed by atoms with Crippen LogP contribution in [0.1, 0.15) is 10.4 Å². The molecular formula is C18H19ClN2O4S. The molecule has 0 atom stereocenters. The van der Waals surface area contributed by atoms with E-state index >= 15 is 0 Å². The van der Waals surface area contributed by atoms with E-state index < -0.39 is 10.0 Å². The molecule has 8 heteroatoms. The lowest BCUT2D eigenvalue weighted by Crippen LogP contribution is -2.50. The van der Waals surface area contributed by atoms with Gasteiger partial charge in [-0.05, 0) is 48.5 Å². The number of rotatable bonds is 4. The lowest BCUT2D eigenvalue weighted by atomic mass is 10.2. The lowest BCUT2D eigenvalue weighted by molar-refractivity contribution is 0.0698. The zero-order valence-electron chi connectivity index (χ0n) is 14.3. The van der Waals surface area contributed by atoms with Crippen LogP contribution in [-0.2, 0) is 10.0 Å². The monoisotopic (exact) mass is 394 g/mol. The minimum Gasteiger partial charge on any atom is -0.497 e. The second kappa shape index (κ2) is 7.65. The van der Waals surface area contributed by atoms with Gasteiger partial charge in [-0.15, -0.1) is 0 Å². The maximum Gasteiger partial charge on any atom is 0.253 e. The maximum atomic E-state index is 12.7. The minimum absolute atomic E-state index is 0.122. The number of sulfonamides is 1. The van der Waals surface area contributed by atoms with E-state index in [0.29, 0.717) is 29.4 Å². The van der Waals surface area contributed by atoms with Crippen LogP contribution in [-0.4, -0.2) is 56.8 Å². The summed E-state index contributed by atoms with van der Waals surface area (Å²) in [7, 11) is -2.06. The highest BCUT2D eigenvalue weighted by Gasteiger charge is 2.30. The summed E-state index contributed by atoms with van der Waals surface area (Å²) in [4.78, 5) is 14.4. The van der Waals surface area contributed by atoms with Crippen molar-refractivity contribution in [1.82, 2.24) is 9.21 Å². The van der Waals surface area contributed by atoms with Crippen LogP contribution in [0.15, 0.2) is 53.4 Å². The van der Waals surface area contributed by atoms with Gasteiger partial charge in [0.25, 0.3) is 5.91 Å². The molecule has 0 aromatic heterocycles. The van der Waals surface area contributed by atoms with Gasteiger partial charge in [-0.1, -0.05) is 11.6 Å². The van der Waals surface area contributed by atoms with Crippen molar-refractivity contribution in [3.05, 3.63) is 59.1 Å². The first kappa shape index (κ1) is 18.7. The van der Waals surface area contributed by atoms with Gasteiger partial charge < -0.3 is 9.64 Å². The zero-order valence-corrected chi connectivity index (χ0v) is 15.8. The number of benzene rings is 2. The molecule has 0 aliphatic carbocycles. The lowest BCUT2D eigenvalue weighted by Gasteiger charge is -2.34. The fraction of sp³-hybridized carbons (Fsp3) is 0.278. The standard InChI is InChI=1S/C18H19ClN2O4S/c1-25-16-6-8-17(9-7-16)26(23,24)21-12-10-20(11-13-21)18(22)14-2-4-15(19)5-3-14/h2-9H,10-13H2,1H3. The molecule has 2 aromatic rings. The third kappa shape index (κ3) is 3.85. The molecule has 0 radical (unpaired) electrons. The van der Waals surface area contributed by atoms with Crippen LogP contribution in [0.3, 0.4) is 0 Å². The second-order valence-corrected chi connectivity index (χ2v) is 8.25. The molecule has 0 saturated carbocycles. The third-order valence-electron chi connectivity index (χ3n) is 4.31. The molecule has 0 unspecified atom stereocenters. The highest BCUT2D eigenvalue weighted by Crippen LogP contribution is 2.21. The largest absolute Gasteiger partial charge is 0.497 e. The summed E-state index contributed by atoms with van der Waals surface area (Å²) >= 11 is 5.84. The molecule has 1 aliphatic heterocycles. The number of methoxy groups -OCH3 is 1. The molecule has 1 amide bonds. The fourth-order valence-electron chi connectivity index (χ4n) is 2.80. The van der Waals surface area contributed by atoms with Crippen molar-refractivity contribution >= 4 is 27.5 Å². The molecule has 1 aliphatic rings. The normalized spacial score (nSPS) is 15.7. The van der Waals surface area contributed by atoms with Crippen molar-refractivity contribution in [3.63, 3.8) is 0 Å². The first-order valence-corrected chi connectivity index (χ1v) is 9.92. The Hall–Kier alpha value is -2.09. The summed E-state index contributed by atoms with van der Waals surface area (Å²) in [6.07, 6.45) is 0. The van der Waals surface area contributed by atoms with Gasteiger partial charge in [0.1, 0.15) is 5.75 Å². The van der Waals surface area contributed by atoms with Crippen LogP contribution in [0, 0.1) is 0 Å². The molecule has 1 heterocycles. The molecule has 138 valence electrons. The van der Waals surface area contributed by atoms with Gasteiger partial charge >= 0.3 is 0 Å². The molecule has 26 heavy (non-hydrogen) atoms. The summed E-state index contributed by atoms with van der Waals surface area (Å²) < 4.78 is 31.9. The Bertz CT molecular complexity index is 874. The fourth-order valence-corrected chi connectivity index (χ4v) is 4.35. The van der Waals surface area contributed by atoms with E-state index in [9.17, 15) is 13.2 Å². The van der Waals surface area contributed by atoms with Crippen molar-refractivity contribution < 1.29 is 17.9 Å². The van der Waals surface area contributed by atoms with Gasteiger partial charge in [-0.25, -0.2) is 8.42 Å². The molecule has 6 nitrogen and oxygen atoms in total. The van der Waals surface area contributed by atoms with Crippen LogP contribution in [0.4, 0.5) is 0 Å². The van der Waals surface area contributed by atoms with Crippen molar-refractivity contribution in [1.29, 1.82) is 0 Å². The first-order valence-electron chi connectivity index (χ1n) is 8.11. The summed E-state index contributed by atoms with van der Waals surface area (Å²) in [6, 6.07) is 13.0. The maximum absolute atomic E-state index is 12.7. The number of carbonyl (C=O) groups excluding carboxylic acids is 1. The zero-order chi connectivity index (χ0) is 18.7. The first-order chi connectivity index (χ1) is 12.4. The number of carbonyl (C=O) groups is 1. The Balaban J connectivity index is 1.67. The van der Waals surface area contributed by atoms with E-state index in [1.165, 1.54) is 23.5 Å². The molecule has 0 N–H and O–H groups in total. The Morgan fingerprint density at radius 2 is 1.54 bits per heavy atom. The Kier molecular flexibility index (Phi) is 5.50. The molecule has 0 spiro atoms. The predicted octanol–water partition coefficient (Wildman–Crippen LogP) is 2.50. The van der Waals surface area contributed by atoms with Crippen LogP contribution in [0.25, 0.3) is 0 Å². The minimum atomic E-state index is -3.58. The molecule has 1 saturated heterocycles. The van der Waals surface area contributed by atoms with Crippen molar-refractivity contribution in [2.45, 2.75) is 4.90 Å². The number of amides is 1. The summed E-state index contributed by atoms with van der Waals surface area (Å²) in [5.41, 5.74) is 0.542. The van der Waals surface area contributed by atoms with Crippen LogP contribution < -0.4 is 4.74 Å². The number of halogens is 1. The number of ether oxygens (including phenoxy) is 1. The summed E-state index contributed by atoms with van der Waals surface area (Å²) in [5, 5.41) is 0.567. The average molecular weight is 395 g/mol. The predicted molar refractivity (Wildman–Crippen MR) is 99.1 cm³/mol. The molecule has 0 bridgehead atoms. The van der Waals surface area contributed by atoms with E-state index in [2.05, 4.69) is 0 Å². The number of hydrogen-bond donors (Lipinski definition) is 0. The summed E-state index contributed by atoms with van der Waals surface area (Å²) in [6.45, 7) is 1.20. The molecule has 2 aromatic carbocycles. The third-order valence-corrected chi connectivity index (χ3v) is 6.48. The second-order valence-electron chi connectivity index (χ2n) is 5.88. The van der Waals surface area contributed by atoms with Crippen molar-refractivity contribution in [3.8, 4) is 5.75 Å². The van der Waals surface area contributed by atoms with E-state index in [0.717, 1.165) is 0 Å². The van der Waals surface area contributed by atoms with Crippen LogP contribution >= 0.6 is 11.6 Å². The number of hydrogen-bond acceptors (Lipinski definition) is 4. The highest BCUT2D eigenvalue weighted by atomic mass is 35.5. The van der Waals surface area contributed by atoms with Gasteiger partial charge in [0.15, 0.2) is 0 Å².